The van der Waals surface area contributed by atoms with Gasteiger partial charge in [0.15, 0.2) is 0 Å². The van der Waals surface area contributed by atoms with E-state index in [-0.39, 0.29) is 12.5 Å². The summed E-state index contributed by atoms with van der Waals surface area (Å²) < 4.78 is 10.1. The zero-order valence-electron chi connectivity index (χ0n) is 12.4. The van der Waals surface area contributed by atoms with E-state index in [0.717, 1.165) is 6.29 Å². The van der Waals surface area contributed by atoms with Crippen LogP contribution in [0, 0.1) is 10.8 Å². The summed E-state index contributed by atoms with van der Waals surface area (Å²) in [6.07, 6.45) is 1.27. The minimum atomic E-state index is -0.745. The van der Waals surface area contributed by atoms with Crippen LogP contribution >= 0.6 is 0 Å². The first-order chi connectivity index (χ1) is 9.15. The van der Waals surface area contributed by atoms with Gasteiger partial charge in [0, 0.05) is 18.5 Å². The van der Waals surface area contributed by atoms with Crippen molar-refractivity contribution in [1.29, 1.82) is 0 Å². The van der Waals surface area contributed by atoms with Crippen LogP contribution in [0.1, 0.15) is 33.6 Å². The molecule has 2 bridgehead atoms. The van der Waals surface area contributed by atoms with E-state index in [0.29, 0.717) is 19.4 Å². The van der Waals surface area contributed by atoms with Crippen LogP contribution < -0.4 is 0 Å². The summed E-state index contributed by atoms with van der Waals surface area (Å²) in [4.78, 5) is 36.8. The maximum absolute atomic E-state index is 12.1. The smallest absolute Gasteiger partial charge is 0.410 e. The minimum absolute atomic E-state index is 0.254. The maximum atomic E-state index is 12.1. The van der Waals surface area contributed by atoms with Crippen LogP contribution in [-0.2, 0) is 19.1 Å². The molecule has 3 fully saturated rings. The highest BCUT2D eigenvalue weighted by atomic mass is 16.6. The Kier molecular flexibility index (Phi) is 3.31. The molecular weight excluding hydrogens is 262 g/mol. The van der Waals surface area contributed by atoms with Gasteiger partial charge in [0.05, 0.1) is 12.5 Å². The number of aldehydes is 1. The van der Waals surface area contributed by atoms with Gasteiger partial charge < -0.3 is 19.2 Å². The van der Waals surface area contributed by atoms with Gasteiger partial charge in [-0.05, 0) is 33.6 Å². The molecule has 0 aromatic carbocycles. The van der Waals surface area contributed by atoms with Gasteiger partial charge in [0.2, 0.25) is 0 Å². The summed E-state index contributed by atoms with van der Waals surface area (Å²) in [6.45, 7) is 5.90. The largest absolute Gasteiger partial charge is 0.469 e. The molecule has 6 heteroatoms. The quantitative estimate of drug-likeness (QED) is 0.565. The van der Waals surface area contributed by atoms with Gasteiger partial charge in [0.1, 0.15) is 11.9 Å². The Bertz CT molecular complexity index is 445. The molecule has 1 saturated carbocycles. The fourth-order valence-electron chi connectivity index (χ4n) is 3.32. The average Bonchev–Trinajstić information content (AvgIpc) is 2.34. The molecule has 0 aromatic heterocycles. The molecule has 20 heavy (non-hydrogen) atoms. The summed E-state index contributed by atoms with van der Waals surface area (Å²) in [7, 11) is 1.32. The van der Waals surface area contributed by atoms with E-state index in [4.69, 9.17) is 9.47 Å². The van der Waals surface area contributed by atoms with E-state index >= 15 is 0 Å². The number of carbonyl (C=O) groups excluding carboxylic acids is 3. The van der Waals surface area contributed by atoms with Gasteiger partial charge in [-0.2, -0.15) is 0 Å². The molecule has 6 nitrogen and oxygen atoms in total. The molecule has 0 atom stereocenters. The second-order valence-corrected chi connectivity index (χ2v) is 6.94. The van der Waals surface area contributed by atoms with E-state index in [2.05, 4.69) is 0 Å². The third-order valence-electron chi connectivity index (χ3n) is 3.90. The van der Waals surface area contributed by atoms with E-state index in [1.54, 1.807) is 20.8 Å². The number of fused-ring (bicyclic) bond motifs is 2. The van der Waals surface area contributed by atoms with Crippen LogP contribution in [-0.4, -0.2) is 49.0 Å². The highest BCUT2D eigenvalue weighted by Gasteiger charge is 2.65. The third kappa shape index (κ3) is 2.39. The fourth-order valence-corrected chi connectivity index (χ4v) is 3.32. The molecule has 0 radical (unpaired) electrons. The summed E-state index contributed by atoms with van der Waals surface area (Å²) in [5.74, 6) is -0.358. The number of rotatable bonds is 2. The van der Waals surface area contributed by atoms with Crippen molar-refractivity contribution in [2.45, 2.75) is 39.2 Å². The van der Waals surface area contributed by atoms with E-state index in [9.17, 15) is 14.4 Å². The molecule has 1 amide bonds. The monoisotopic (exact) mass is 283 g/mol. The van der Waals surface area contributed by atoms with Gasteiger partial charge >= 0.3 is 12.1 Å². The number of esters is 1. The molecule has 112 valence electrons. The molecule has 0 unspecified atom stereocenters. The molecular formula is C14H21NO5. The molecule has 2 aliphatic heterocycles. The number of amides is 1. The number of hydrogen-bond acceptors (Lipinski definition) is 5. The van der Waals surface area contributed by atoms with Crippen LogP contribution in [0.25, 0.3) is 0 Å². The van der Waals surface area contributed by atoms with Gasteiger partial charge in [-0.1, -0.05) is 0 Å². The average molecular weight is 283 g/mol. The van der Waals surface area contributed by atoms with E-state index in [1.807, 2.05) is 0 Å². The van der Waals surface area contributed by atoms with Gasteiger partial charge in [0.25, 0.3) is 0 Å². The Balaban J connectivity index is 2.15. The van der Waals surface area contributed by atoms with Crippen molar-refractivity contribution >= 4 is 18.3 Å². The first kappa shape index (κ1) is 14.8. The molecule has 0 spiro atoms. The predicted octanol–water partition coefficient (Wildman–Crippen LogP) is 1.38. The zero-order chi connectivity index (χ0) is 15.2. The van der Waals surface area contributed by atoms with Gasteiger partial charge in [-0.15, -0.1) is 0 Å². The molecule has 0 aromatic rings. The zero-order valence-corrected chi connectivity index (χ0v) is 12.4. The summed E-state index contributed by atoms with van der Waals surface area (Å²) >= 11 is 0. The number of carbonyl (C=O) groups is 3. The number of piperidine rings is 2. The summed E-state index contributed by atoms with van der Waals surface area (Å²) in [6, 6.07) is 0. The van der Waals surface area contributed by atoms with Crippen LogP contribution in [0.3, 0.4) is 0 Å². The fraction of sp³-hybridized carbons (Fsp3) is 0.786. The lowest BCUT2D eigenvalue weighted by Gasteiger charge is -2.59. The Morgan fingerprint density at radius 3 is 2.25 bits per heavy atom. The minimum Gasteiger partial charge on any atom is -0.469 e. The standard InChI is InChI=1S/C14H21NO5/c1-12(2,3)20-11(18)15-7-13(9-16)5-14(6-13,8-15)10(17)19-4/h9H,5-8H2,1-4H3. The highest BCUT2D eigenvalue weighted by molar-refractivity contribution is 5.84. The number of ether oxygens (including phenoxy) is 2. The van der Waals surface area contributed by atoms with Crippen LogP contribution in [0.5, 0.6) is 0 Å². The second-order valence-electron chi connectivity index (χ2n) is 6.94. The van der Waals surface area contributed by atoms with Gasteiger partial charge in [-0.25, -0.2) is 4.79 Å². The number of methoxy groups -OCH3 is 1. The van der Waals surface area contributed by atoms with Gasteiger partial charge in [-0.3, -0.25) is 4.79 Å². The molecule has 3 rings (SSSR count). The SMILES string of the molecule is COC(=O)C12CN(C(=O)OC(C)(C)C)CC(C=O)(C1)C2. The topological polar surface area (TPSA) is 72.9 Å². The molecule has 2 heterocycles. The number of hydrogen-bond donors (Lipinski definition) is 0. The Labute approximate surface area is 118 Å². The Morgan fingerprint density at radius 2 is 1.80 bits per heavy atom. The lowest BCUT2D eigenvalue weighted by molar-refractivity contribution is -0.185. The summed E-state index contributed by atoms with van der Waals surface area (Å²) in [5.41, 5.74) is -1.97. The van der Waals surface area contributed by atoms with E-state index < -0.39 is 22.5 Å². The van der Waals surface area contributed by atoms with Crippen LogP contribution in [0.15, 0.2) is 0 Å². The first-order valence-corrected chi connectivity index (χ1v) is 6.68. The Hall–Kier alpha value is -1.59. The second kappa shape index (κ2) is 4.46. The third-order valence-corrected chi connectivity index (χ3v) is 3.90. The molecule has 1 aliphatic carbocycles. The van der Waals surface area contributed by atoms with Crippen molar-refractivity contribution in [3.05, 3.63) is 0 Å². The highest BCUT2D eigenvalue weighted by Crippen LogP contribution is 2.58. The van der Waals surface area contributed by atoms with Crippen LogP contribution in [0.4, 0.5) is 4.79 Å². The summed E-state index contributed by atoms with van der Waals surface area (Å²) in [5, 5.41) is 0. The van der Waals surface area contributed by atoms with E-state index in [1.165, 1.54) is 12.0 Å². The molecule has 0 N–H and O–H groups in total. The lowest BCUT2D eigenvalue weighted by Crippen LogP contribution is -2.67. The lowest BCUT2D eigenvalue weighted by atomic mass is 9.50. The first-order valence-electron chi connectivity index (χ1n) is 6.68. The van der Waals surface area contributed by atoms with Crippen molar-refractivity contribution in [3.8, 4) is 0 Å². The Morgan fingerprint density at radius 1 is 1.20 bits per heavy atom. The maximum Gasteiger partial charge on any atom is 0.410 e. The van der Waals surface area contributed by atoms with Crippen molar-refractivity contribution in [1.82, 2.24) is 4.90 Å². The predicted molar refractivity (Wildman–Crippen MR) is 70.0 cm³/mol. The van der Waals surface area contributed by atoms with Crippen molar-refractivity contribution in [3.63, 3.8) is 0 Å². The van der Waals surface area contributed by atoms with Crippen LogP contribution in [0.2, 0.25) is 0 Å². The molecule has 2 saturated heterocycles. The molecule has 3 aliphatic rings. The van der Waals surface area contributed by atoms with Crippen molar-refractivity contribution < 1.29 is 23.9 Å². The number of nitrogens with zero attached hydrogens (tertiary/aromatic N) is 1. The normalized spacial score (nSPS) is 32.1. The van der Waals surface area contributed by atoms with Crippen molar-refractivity contribution in [2.75, 3.05) is 20.2 Å². The van der Waals surface area contributed by atoms with Crippen molar-refractivity contribution in [2.24, 2.45) is 10.8 Å².